The second-order valence-corrected chi connectivity index (χ2v) is 4.04. The summed E-state index contributed by atoms with van der Waals surface area (Å²) in [5.74, 6) is -1.41. The number of carbonyl (C=O) groups is 3. The average Bonchev–Trinajstić information content (AvgIpc) is 2.38. The lowest BCUT2D eigenvalue weighted by Crippen LogP contribution is -2.37. The molecule has 7 heteroatoms. The van der Waals surface area contributed by atoms with E-state index in [9.17, 15) is 14.4 Å². The van der Waals surface area contributed by atoms with Gasteiger partial charge in [-0.05, 0) is 24.1 Å². The van der Waals surface area contributed by atoms with Gasteiger partial charge >= 0.3 is 11.8 Å². The third-order valence-corrected chi connectivity index (χ3v) is 2.60. The van der Waals surface area contributed by atoms with Crippen molar-refractivity contribution in [1.29, 1.82) is 0 Å². The molecule has 1 aromatic rings. The van der Waals surface area contributed by atoms with Crippen molar-refractivity contribution in [1.82, 2.24) is 5.32 Å². The van der Waals surface area contributed by atoms with E-state index < -0.39 is 11.8 Å². The Labute approximate surface area is 109 Å². The van der Waals surface area contributed by atoms with Gasteiger partial charge in [0, 0.05) is 6.54 Å². The van der Waals surface area contributed by atoms with Crippen molar-refractivity contribution in [2.45, 2.75) is 6.42 Å². The minimum atomic E-state index is -1.01. The van der Waals surface area contributed by atoms with Crippen LogP contribution in [0.15, 0.2) is 18.2 Å². The van der Waals surface area contributed by atoms with Crippen LogP contribution in [0.3, 0.4) is 0 Å². The number of primary amides is 1. The van der Waals surface area contributed by atoms with Gasteiger partial charge in [0.25, 0.3) is 5.91 Å². The lowest BCUT2D eigenvalue weighted by atomic mass is 10.1. The van der Waals surface area contributed by atoms with Gasteiger partial charge in [-0.1, -0.05) is 6.07 Å². The fraction of sp³-hybridized carbons (Fsp3) is 0.250. The van der Waals surface area contributed by atoms with E-state index in [-0.39, 0.29) is 19.1 Å². The number of nitrogens with two attached hydrogens (primary N) is 1. The summed E-state index contributed by atoms with van der Waals surface area (Å²) >= 11 is 0. The van der Waals surface area contributed by atoms with Gasteiger partial charge < -0.3 is 21.1 Å². The molecule has 0 atom stereocenters. The third-order valence-electron chi connectivity index (χ3n) is 2.60. The van der Waals surface area contributed by atoms with Crippen LogP contribution in [-0.2, 0) is 20.8 Å². The highest BCUT2D eigenvalue weighted by atomic mass is 16.5. The maximum Gasteiger partial charge on any atom is 0.309 e. The number of hydrogen-bond donors (Lipinski definition) is 3. The molecule has 1 aromatic carbocycles. The molecule has 100 valence electrons. The molecule has 3 amide bonds. The van der Waals surface area contributed by atoms with E-state index in [2.05, 4.69) is 10.6 Å². The summed E-state index contributed by atoms with van der Waals surface area (Å²) in [6.07, 6.45) is 0.516. The monoisotopic (exact) mass is 263 g/mol. The molecule has 0 aromatic heterocycles. The van der Waals surface area contributed by atoms with E-state index >= 15 is 0 Å². The van der Waals surface area contributed by atoms with Crippen LogP contribution in [0.4, 0.5) is 5.69 Å². The lowest BCUT2D eigenvalue weighted by molar-refractivity contribution is -0.137. The Morgan fingerprint density at radius 1 is 1.42 bits per heavy atom. The number of carbonyl (C=O) groups excluding carboxylic acids is 3. The Morgan fingerprint density at radius 2 is 2.21 bits per heavy atom. The van der Waals surface area contributed by atoms with Gasteiger partial charge in [0.2, 0.25) is 0 Å². The van der Waals surface area contributed by atoms with Crippen molar-refractivity contribution < 1.29 is 19.1 Å². The second kappa shape index (κ2) is 5.38. The molecule has 2 rings (SSSR count). The predicted molar refractivity (Wildman–Crippen MR) is 66.5 cm³/mol. The molecule has 1 heterocycles. The average molecular weight is 263 g/mol. The zero-order valence-electron chi connectivity index (χ0n) is 10.1. The first-order valence-corrected chi connectivity index (χ1v) is 5.69. The standard InChI is InChI=1S/C12H13N3O4/c13-11(17)12(18)14-4-3-7-1-2-9-8(5-7)15-10(16)6-19-9/h1-2,5H,3-4,6H2,(H2,13,17)(H,14,18)(H,15,16). The molecule has 1 aliphatic heterocycles. The van der Waals surface area contributed by atoms with E-state index in [4.69, 9.17) is 10.5 Å². The van der Waals surface area contributed by atoms with Crippen molar-refractivity contribution in [3.8, 4) is 5.75 Å². The Morgan fingerprint density at radius 3 is 2.95 bits per heavy atom. The van der Waals surface area contributed by atoms with Gasteiger partial charge in [0.05, 0.1) is 5.69 Å². The number of benzene rings is 1. The van der Waals surface area contributed by atoms with E-state index in [1.807, 2.05) is 6.07 Å². The predicted octanol–water partition coefficient (Wildman–Crippen LogP) is -0.838. The molecule has 19 heavy (non-hydrogen) atoms. The van der Waals surface area contributed by atoms with Crippen molar-refractivity contribution in [2.75, 3.05) is 18.5 Å². The number of ether oxygens (including phenoxy) is 1. The van der Waals surface area contributed by atoms with Crippen LogP contribution in [0.5, 0.6) is 5.75 Å². The van der Waals surface area contributed by atoms with Crippen LogP contribution in [0.2, 0.25) is 0 Å². The first-order valence-electron chi connectivity index (χ1n) is 5.69. The molecule has 0 saturated carbocycles. The van der Waals surface area contributed by atoms with E-state index in [1.165, 1.54) is 0 Å². The van der Waals surface area contributed by atoms with Crippen molar-refractivity contribution in [3.05, 3.63) is 23.8 Å². The number of fused-ring (bicyclic) bond motifs is 1. The fourth-order valence-electron chi connectivity index (χ4n) is 1.69. The van der Waals surface area contributed by atoms with Crippen LogP contribution in [0, 0.1) is 0 Å². The number of amides is 3. The minimum Gasteiger partial charge on any atom is -0.482 e. The molecule has 0 unspecified atom stereocenters. The van der Waals surface area contributed by atoms with E-state index in [0.29, 0.717) is 17.9 Å². The number of anilines is 1. The van der Waals surface area contributed by atoms with Gasteiger partial charge in [0.15, 0.2) is 6.61 Å². The highest BCUT2D eigenvalue weighted by Gasteiger charge is 2.15. The SMILES string of the molecule is NC(=O)C(=O)NCCc1ccc2c(c1)NC(=O)CO2. The molecule has 0 radical (unpaired) electrons. The summed E-state index contributed by atoms with van der Waals surface area (Å²) in [4.78, 5) is 32.6. The highest BCUT2D eigenvalue weighted by molar-refractivity contribution is 6.34. The van der Waals surface area contributed by atoms with Crippen LogP contribution in [0.1, 0.15) is 5.56 Å². The molecular formula is C12H13N3O4. The van der Waals surface area contributed by atoms with Gasteiger partial charge in [0.1, 0.15) is 5.75 Å². The largest absolute Gasteiger partial charge is 0.482 e. The summed E-state index contributed by atoms with van der Waals surface area (Å²) in [5.41, 5.74) is 6.31. The highest BCUT2D eigenvalue weighted by Crippen LogP contribution is 2.28. The Bertz CT molecular complexity index is 542. The normalized spacial score (nSPS) is 12.9. The van der Waals surface area contributed by atoms with Gasteiger partial charge in [-0.25, -0.2) is 0 Å². The van der Waals surface area contributed by atoms with Gasteiger partial charge in [-0.3, -0.25) is 14.4 Å². The fourth-order valence-corrected chi connectivity index (χ4v) is 1.69. The zero-order chi connectivity index (χ0) is 13.8. The summed E-state index contributed by atoms with van der Waals surface area (Å²) in [6.45, 7) is 0.302. The molecular weight excluding hydrogens is 250 g/mol. The Kier molecular flexibility index (Phi) is 3.65. The minimum absolute atomic E-state index is 0.0149. The van der Waals surface area contributed by atoms with Crippen LogP contribution in [-0.4, -0.2) is 30.9 Å². The smallest absolute Gasteiger partial charge is 0.309 e. The summed E-state index contributed by atoms with van der Waals surface area (Å²) in [7, 11) is 0. The summed E-state index contributed by atoms with van der Waals surface area (Å²) < 4.78 is 5.22. The van der Waals surface area contributed by atoms with Gasteiger partial charge in [-0.2, -0.15) is 0 Å². The zero-order valence-corrected chi connectivity index (χ0v) is 10.1. The van der Waals surface area contributed by atoms with Crippen LogP contribution in [0.25, 0.3) is 0 Å². The molecule has 0 fully saturated rings. The summed E-state index contributed by atoms with van der Waals surface area (Å²) in [5, 5.41) is 5.08. The van der Waals surface area contributed by atoms with Crippen molar-refractivity contribution >= 4 is 23.4 Å². The maximum atomic E-state index is 11.2. The topological polar surface area (TPSA) is 111 Å². The second-order valence-electron chi connectivity index (χ2n) is 4.04. The quantitative estimate of drug-likeness (QED) is 0.617. The molecule has 0 saturated heterocycles. The van der Waals surface area contributed by atoms with E-state index in [0.717, 1.165) is 5.56 Å². The molecule has 0 bridgehead atoms. The molecule has 4 N–H and O–H groups in total. The first kappa shape index (κ1) is 12.9. The number of nitrogens with one attached hydrogen (secondary N) is 2. The first-order chi connectivity index (χ1) is 9.06. The Balaban J connectivity index is 1.95. The van der Waals surface area contributed by atoms with Crippen molar-refractivity contribution in [2.24, 2.45) is 5.73 Å². The number of rotatable bonds is 3. The maximum absolute atomic E-state index is 11.2. The number of hydrogen-bond acceptors (Lipinski definition) is 4. The van der Waals surface area contributed by atoms with Gasteiger partial charge in [-0.15, -0.1) is 0 Å². The lowest BCUT2D eigenvalue weighted by Gasteiger charge is -2.18. The summed E-state index contributed by atoms with van der Waals surface area (Å²) in [6, 6.07) is 5.34. The third kappa shape index (κ3) is 3.21. The van der Waals surface area contributed by atoms with Crippen molar-refractivity contribution in [3.63, 3.8) is 0 Å². The molecule has 7 nitrogen and oxygen atoms in total. The molecule has 1 aliphatic rings. The molecule has 0 spiro atoms. The van der Waals surface area contributed by atoms with Crippen LogP contribution >= 0.6 is 0 Å². The van der Waals surface area contributed by atoms with E-state index in [1.54, 1.807) is 12.1 Å². The Hall–Kier alpha value is -2.57. The molecule has 0 aliphatic carbocycles. The van der Waals surface area contributed by atoms with Crippen LogP contribution < -0.4 is 21.1 Å².